The van der Waals surface area contributed by atoms with Crippen molar-refractivity contribution in [3.05, 3.63) is 11.6 Å². The van der Waals surface area contributed by atoms with Crippen LogP contribution in [0.25, 0.3) is 0 Å². The molecule has 2 aliphatic rings. The maximum atomic E-state index is 12.4. The summed E-state index contributed by atoms with van der Waals surface area (Å²) in [6.07, 6.45) is 5.21. The van der Waals surface area contributed by atoms with Crippen LogP contribution in [0.5, 0.6) is 0 Å². The van der Waals surface area contributed by atoms with E-state index in [1.54, 1.807) is 0 Å². The predicted molar refractivity (Wildman–Crippen MR) is 81.7 cm³/mol. The van der Waals surface area contributed by atoms with Gasteiger partial charge in [0.1, 0.15) is 5.78 Å². The van der Waals surface area contributed by atoms with E-state index >= 15 is 0 Å². The molecule has 2 atom stereocenters. The highest BCUT2D eigenvalue weighted by Crippen LogP contribution is 2.51. The first-order chi connectivity index (χ1) is 8.59. The summed E-state index contributed by atoms with van der Waals surface area (Å²) < 4.78 is 6.24. The molecular formula is C16H28O2Si. The van der Waals surface area contributed by atoms with Gasteiger partial charge < -0.3 is 4.43 Å². The molecular weight excluding hydrogens is 252 g/mol. The van der Waals surface area contributed by atoms with Crippen LogP contribution in [-0.4, -0.2) is 20.7 Å². The Morgan fingerprint density at radius 1 is 1.42 bits per heavy atom. The van der Waals surface area contributed by atoms with Crippen molar-refractivity contribution in [2.24, 2.45) is 11.3 Å². The Labute approximate surface area is 118 Å². The second-order valence-electron chi connectivity index (χ2n) is 7.86. The zero-order chi connectivity index (χ0) is 14.5. The van der Waals surface area contributed by atoms with Crippen molar-refractivity contribution in [1.29, 1.82) is 0 Å². The van der Waals surface area contributed by atoms with Crippen molar-refractivity contribution >= 4 is 14.1 Å². The summed E-state index contributed by atoms with van der Waals surface area (Å²) in [6.45, 7) is 14.2. The van der Waals surface area contributed by atoms with Gasteiger partial charge in [0.05, 0.1) is 0 Å². The topological polar surface area (TPSA) is 26.3 Å². The number of rotatable bonds is 4. The molecule has 2 unspecified atom stereocenters. The van der Waals surface area contributed by atoms with Gasteiger partial charge in [-0.2, -0.15) is 0 Å². The number of carbonyl (C=O) groups excluding carboxylic acids is 1. The molecule has 19 heavy (non-hydrogen) atoms. The summed E-state index contributed by atoms with van der Waals surface area (Å²) in [5, 5.41) is 0.244. The number of ketones is 1. The molecule has 2 nitrogen and oxygen atoms in total. The third-order valence-corrected chi connectivity index (χ3v) is 10.1. The van der Waals surface area contributed by atoms with Gasteiger partial charge in [-0.15, -0.1) is 0 Å². The van der Waals surface area contributed by atoms with Crippen LogP contribution in [0.2, 0.25) is 18.1 Å². The lowest BCUT2D eigenvalue weighted by molar-refractivity contribution is -0.125. The average Bonchev–Trinajstić information content (AvgIpc) is 2.66. The van der Waals surface area contributed by atoms with Crippen molar-refractivity contribution in [2.75, 3.05) is 6.61 Å². The van der Waals surface area contributed by atoms with Crippen molar-refractivity contribution in [2.45, 2.75) is 65.1 Å². The number of Topliss-reactive ketones (excluding diaryl/α,β-unsaturated/α-hetero) is 1. The third-order valence-electron chi connectivity index (χ3n) is 5.56. The molecule has 0 aliphatic heterocycles. The van der Waals surface area contributed by atoms with Gasteiger partial charge in [0, 0.05) is 17.9 Å². The van der Waals surface area contributed by atoms with E-state index in [1.807, 2.05) is 0 Å². The lowest BCUT2D eigenvalue weighted by Crippen LogP contribution is -2.41. The van der Waals surface area contributed by atoms with Gasteiger partial charge in [0.15, 0.2) is 8.32 Å². The fourth-order valence-corrected chi connectivity index (χ4v) is 4.19. The number of hydrogen-bond donors (Lipinski definition) is 0. The molecule has 0 amide bonds. The van der Waals surface area contributed by atoms with Gasteiger partial charge in [0.25, 0.3) is 0 Å². The van der Waals surface area contributed by atoms with Crippen molar-refractivity contribution in [3.63, 3.8) is 0 Å². The number of hydrogen-bond acceptors (Lipinski definition) is 2. The molecule has 2 aliphatic carbocycles. The summed E-state index contributed by atoms with van der Waals surface area (Å²) >= 11 is 0. The van der Waals surface area contributed by atoms with Gasteiger partial charge in [-0.1, -0.05) is 32.4 Å². The minimum absolute atomic E-state index is 0.170. The summed E-state index contributed by atoms with van der Waals surface area (Å²) in [5.41, 5.74) is 1.13. The first-order valence-electron chi connectivity index (χ1n) is 7.47. The third kappa shape index (κ3) is 2.47. The molecule has 0 spiro atoms. The Morgan fingerprint density at radius 3 is 2.47 bits per heavy atom. The standard InChI is InChI=1S/C16H28O2Si/c1-12-11-16(8-7-13(12)14(16)17)9-10-18-19(5,6)15(2,3)4/h11,13H,7-10H2,1-6H3. The van der Waals surface area contributed by atoms with Crippen LogP contribution in [0.3, 0.4) is 0 Å². The fraction of sp³-hybridized carbons (Fsp3) is 0.812. The number of carbonyl (C=O) groups is 1. The van der Waals surface area contributed by atoms with E-state index in [4.69, 9.17) is 4.43 Å². The lowest BCUT2D eigenvalue weighted by Gasteiger charge is -2.37. The second-order valence-corrected chi connectivity index (χ2v) is 12.7. The van der Waals surface area contributed by atoms with E-state index in [2.05, 4.69) is 46.9 Å². The summed E-state index contributed by atoms with van der Waals surface area (Å²) in [6, 6.07) is 0. The molecule has 0 aromatic heterocycles. The van der Waals surface area contributed by atoms with E-state index in [1.165, 1.54) is 5.57 Å². The summed E-state index contributed by atoms with van der Waals surface area (Å²) in [7, 11) is -1.68. The first kappa shape index (κ1) is 15.0. The Morgan fingerprint density at radius 2 is 2.05 bits per heavy atom. The van der Waals surface area contributed by atoms with Gasteiger partial charge in [-0.25, -0.2) is 0 Å². The van der Waals surface area contributed by atoms with Crippen molar-refractivity contribution in [3.8, 4) is 0 Å². The quantitative estimate of drug-likeness (QED) is 0.566. The normalized spacial score (nSPS) is 30.9. The largest absolute Gasteiger partial charge is 0.417 e. The average molecular weight is 280 g/mol. The van der Waals surface area contributed by atoms with Crippen molar-refractivity contribution < 1.29 is 9.22 Å². The number of allylic oxidation sites excluding steroid dienone is 2. The monoisotopic (exact) mass is 280 g/mol. The molecule has 0 radical (unpaired) electrons. The van der Waals surface area contributed by atoms with E-state index in [9.17, 15) is 4.79 Å². The minimum Gasteiger partial charge on any atom is -0.417 e. The maximum Gasteiger partial charge on any atom is 0.191 e. The first-order valence-corrected chi connectivity index (χ1v) is 10.4. The van der Waals surface area contributed by atoms with Crippen LogP contribution < -0.4 is 0 Å². The smallest absolute Gasteiger partial charge is 0.191 e. The Bertz CT molecular complexity index is 417. The molecule has 1 fully saturated rings. The van der Waals surface area contributed by atoms with E-state index in [0.29, 0.717) is 5.78 Å². The molecule has 0 aromatic rings. The Hall–Kier alpha value is -0.413. The van der Waals surface area contributed by atoms with Crippen LogP contribution in [0.1, 0.15) is 47.0 Å². The van der Waals surface area contributed by atoms with Crippen LogP contribution in [-0.2, 0) is 9.22 Å². The zero-order valence-electron chi connectivity index (χ0n) is 13.3. The highest BCUT2D eigenvalue weighted by molar-refractivity contribution is 6.74. The molecule has 0 heterocycles. The Balaban J connectivity index is 1.96. The van der Waals surface area contributed by atoms with Gasteiger partial charge in [-0.05, 0) is 44.3 Å². The molecule has 0 saturated heterocycles. The molecule has 0 N–H and O–H groups in total. The molecule has 2 rings (SSSR count). The fourth-order valence-electron chi connectivity index (χ4n) is 3.14. The van der Waals surface area contributed by atoms with E-state index in [0.717, 1.165) is 25.9 Å². The van der Waals surface area contributed by atoms with Crippen LogP contribution in [0.4, 0.5) is 0 Å². The van der Waals surface area contributed by atoms with Crippen LogP contribution >= 0.6 is 0 Å². The summed E-state index contributed by atoms with van der Waals surface area (Å²) in [5.74, 6) is 0.691. The van der Waals surface area contributed by atoms with E-state index < -0.39 is 8.32 Å². The molecule has 2 bridgehead atoms. The highest BCUT2D eigenvalue weighted by atomic mass is 28.4. The SMILES string of the molecule is CC1=CC2(CCO[Si](C)(C)C(C)(C)C)CCC1C2=O. The maximum absolute atomic E-state index is 12.4. The highest BCUT2D eigenvalue weighted by Gasteiger charge is 2.51. The minimum atomic E-state index is -1.68. The van der Waals surface area contributed by atoms with Gasteiger partial charge in [-0.3, -0.25) is 4.79 Å². The van der Waals surface area contributed by atoms with Crippen molar-refractivity contribution in [1.82, 2.24) is 0 Å². The zero-order valence-corrected chi connectivity index (χ0v) is 14.3. The number of fused-ring (bicyclic) bond motifs is 2. The van der Waals surface area contributed by atoms with Gasteiger partial charge in [0.2, 0.25) is 0 Å². The lowest BCUT2D eigenvalue weighted by atomic mass is 9.83. The second kappa shape index (κ2) is 4.56. The molecule has 108 valence electrons. The summed E-state index contributed by atoms with van der Waals surface area (Å²) in [4.78, 5) is 12.4. The van der Waals surface area contributed by atoms with Crippen LogP contribution in [0.15, 0.2) is 11.6 Å². The van der Waals surface area contributed by atoms with Crippen LogP contribution in [0, 0.1) is 11.3 Å². The molecule has 3 heteroatoms. The van der Waals surface area contributed by atoms with E-state index in [-0.39, 0.29) is 16.4 Å². The molecule has 0 aromatic carbocycles. The predicted octanol–water partition coefficient (Wildman–Crippen LogP) is 4.32. The Kier molecular flexibility index (Phi) is 3.59. The molecule has 1 saturated carbocycles. The van der Waals surface area contributed by atoms with Gasteiger partial charge >= 0.3 is 0 Å².